The van der Waals surface area contributed by atoms with Gasteiger partial charge in [-0.2, -0.15) is 0 Å². The van der Waals surface area contributed by atoms with Crippen LogP contribution in [0.25, 0.3) is 0 Å². The number of ether oxygens (including phenoxy) is 1. The van der Waals surface area contributed by atoms with E-state index >= 15 is 0 Å². The van der Waals surface area contributed by atoms with Crippen LogP contribution < -0.4 is 14.4 Å². The van der Waals surface area contributed by atoms with Crippen LogP contribution in [0.15, 0.2) is 70.0 Å². The fraction of sp³-hybridized carbons (Fsp3) is 0.208. The van der Waals surface area contributed by atoms with Crippen molar-refractivity contribution in [2.24, 2.45) is 0 Å². The number of benzene rings is 3. The maximum absolute atomic E-state index is 13.8. The lowest BCUT2D eigenvalue weighted by Gasteiger charge is -2.26. The summed E-state index contributed by atoms with van der Waals surface area (Å²) in [4.78, 5) is 12.9. The van der Waals surface area contributed by atoms with Crippen LogP contribution >= 0.6 is 15.9 Å². The zero-order valence-corrected chi connectivity index (χ0v) is 20.7. The van der Waals surface area contributed by atoms with Crippen molar-refractivity contribution >= 4 is 43.2 Å². The second-order valence-corrected chi connectivity index (χ2v) is 10.3. The summed E-state index contributed by atoms with van der Waals surface area (Å²) in [6.07, 6.45) is 0. The predicted molar refractivity (Wildman–Crippen MR) is 131 cm³/mol. The molecule has 8 heteroatoms. The normalized spacial score (nSPS) is 11.2. The van der Waals surface area contributed by atoms with Crippen LogP contribution in [-0.4, -0.2) is 28.0 Å². The summed E-state index contributed by atoms with van der Waals surface area (Å²) in [5.74, 6) is -0.241. The van der Waals surface area contributed by atoms with E-state index in [0.29, 0.717) is 11.4 Å². The van der Waals surface area contributed by atoms with Crippen molar-refractivity contribution in [2.75, 3.05) is 23.3 Å². The Labute approximate surface area is 197 Å². The van der Waals surface area contributed by atoms with Crippen molar-refractivity contribution in [3.8, 4) is 5.75 Å². The maximum Gasteiger partial charge on any atom is 0.268 e. The standard InChI is InChI=1S/C24H25BrN2O4S/c1-16-8-9-22(31-4)23(13-16)32(29,30)27(21-11-17(2)10-18(3)12-21)15-24(28)26-20-7-5-6-19(25)14-20/h5-14H,15H2,1-4H3,(H,26,28). The van der Waals surface area contributed by atoms with Gasteiger partial charge in [0.1, 0.15) is 17.2 Å². The molecule has 0 aliphatic heterocycles. The Hall–Kier alpha value is -2.84. The Kier molecular flexibility index (Phi) is 7.26. The van der Waals surface area contributed by atoms with Crippen LogP contribution in [0, 0.1) is 20.8 Å². The number of hydrogen-bond acceptors (Lipinski definition) is 4. The summed E-state index contributed by atoms with van der Waals surface area (Å²) in [6, 6.07) is 17.5. The zero-order valence-electron chi connectivity index (χ0n) is 18.3. The van der Waals surface area contributed by atoms with Gasteiger partial charge in [-0.1, -0.05) is 34.1 Å². The fourth-order valence-electron chi connectivity index (χ4n) is 3.41. The summed E-state index contributed by atoms with van der Waals surface area (Å²) in [6.45, 7) is 5.18. The Morgan fingerprint density at radius 3 is 2.28 bits per heavy atom. The number of amides is 1. The number of anilines is 2. The van der Waals surface area contributed by atoms with Gasteiger partial charge in [0.25, 0.3) is 10.0 Å². The minimum absolute atomic E-state index is 0.00872. The highest BCUT2D eigenvalue weighted by Gasteiger charge is 2.30. The average Bonchev–Trinajstić information content (AvgIpc) is 2.71. The molecule has 0 aromatic heterocycles. The molecular weight excluding hydrogens is 492 g/mol. The van der Waals surface area contributed by atoms with Gasteiger partial charge in [0.05, 0.1) is 12.8 Å². The number of halogens is 1. The Bertz CT molecular complexity index is 1240. The minimum Gasteiger partial charge on any atom is -0.495 e. The third-order valence-corrected chi connectivity index (χ3v) is 7.07. The van der Waals surface area contributed by atoms with Gasteiger partial charge in [0.2, 0.25) is 5.91 Å². The van der Waals surface area contributed by atoms with E-state index < -0.39 is 22.5 Å². The van der Waals surface area contributed by atoms with Crippen LogP contribution in [0.5, 0.6) is 5.75 Å². The number of nitrogens with one attached hydrogen (secondary N) is 1. The zero-order chi connectivity index (χ0) is 23.5. The van der Waals surface area contributed by atoms with E-state index in [-0.39, 0.29) is 10.6 Å². The van der Waals surface area contributed by atoms with E-state index in [2.05, 4.69) is 21.2 Å². The molecule has 0 aliphatic rings. The molecule has 3 aromatic carbocycles. The van der Waals surface area contributed by atoms with Gasteiger partial charge >= 0.3 is 0 Å². The quantitative estimate of drug-likeness (QED) is 0.467. The van der Waals surface area contributed by atoms with Gasteiger partial charge < -0.3 is 10.1 Å². The van der Waals surface area contributed by atoms with E-state index in [1.807, 2.05) is 26.0 Å². The van der Waals surface area contributed by atoms with E-state index in [9.17, 15) is 13.2 Å². The van der Waals surface area contributed by atoms with Gasteiger partial charge in [-0.3, -0.25) is 9.10 Å². The first-order valence-corrected chi connectivity index (χ1v) is 12.1. The molecule has 32 heavy (non-hydrogen) atoms. The topological polar surface area (TPSA) is 75.7 Å². The molecule has 1 amide bonds. The molecule has 3 aromatic rings. The van der Waals surface area contributed by atoms with E-state index in [0.717, 1.165) is 25.5 Å². The number of nitrogens with zero attached hydrogens (tertiary/aromatic N) is 1. The van der Waals surface area contributed by atoms with Crippen molar-refractivity contribution < 1.29 is 17.9 Å². The van der Waals surface area contributed by atoms with Crippen molar-refractivity contribution in [2.45, 2.75) is 25.7 Å². The summed E-state index contributed by atoms with van der Waals surface area (Å²) >= 11 is 3.37. The van der Waals surface area contributed by atoms with Gasteiger partial charge in [-0.25, -0.2) is 8.42 Å². The average molecular weight is 517 g/mol. The summed E-state index contributed by atoms with van der Waals surface area (Å²) in [5, 5.41) is 2.77. The van der Waals surface area contributed by atoms with Crippen LogP contribution in [0.3, 0.4) is 0 Å². The molecule has 1 N–H and O–H groups in total. The van der Waals surface area contributed by atoms with Crippen molar-refractivity contribution in [1.29, 1.82) is 0 Å². The van der Waals surface area contributed by atoms with E-state index in [1.165, 1.54) is 7.11 Å². The molecule has 0 atom stereocenters. The Balaban J connectivity index is 2.06. The highest BCUT2D eigenvalue weighted by Crippen LogP contribution is 2.32. The first kappa shape index (κ1) is 23.8. The van der Waals surface area contributed by atoms with Gasteiger partial charge in [-0.15, -0.1) is 0 Å². The number of methoxy groups -OCH3 is 1. The van der Waals surface area contributed by atoms with E-state index in [4.69, 9.17) is 4.74 Å². The largest absolute Gasteiger partial charge is 0.495 e. The number of hydrogen-bond donors (Lipinski definition) is 1. The molecule has 0 aliphatic carbocycles. The third kappa shape index (κ3) is 5.49. The number of aryl methyl sites for hydroxylation is 3. The molecule has 0 saturated carbocycles. The maximum atomic E-state index is 13.8. The third-order valence-electron chi connectivity index (χ3n) is 4.78. The predicted octanol–water partition coefficient (Wildman–Crippen LogP) is 5.22. The first-order chi connectivity index (χ1) is 15.1. The SMILES string of the molecule is COc1ccc(C)cc1S(=O)(=O)N(CC(=O)Nc1cccc(Br)c1)c1cc(C)cc(C)c1. The highest BCUT2D eigenvalue weighted by atomic mass is 79.9. The second-order valence-electron chi connectivity index (χ2n) is 7.57. The summed E-state index contributed by atoms with van der Waals surface area (Å²) in [5.41, 5.74) is 3.53. The molecule has 0 fully saturated rings. The molecule has 6 nitrogen and oxygen atoms in total. The monoisotopic (exact) mass is 516 g/mol. The number of rotatable bonds is 7. The van der Waals surface area contributed by atoms with Crippen molar-refractivity contribution in [3.05, 3.63) is 81.8 Å². The van der Waals surface area contributed by atoms with Gasteiger partial charge in [0, 0.05) is 10.2 Å². The Morgan fingerprint density at radius 2 is 1.66 bits per heavy atom. The second kappa shape index (κ2) is 9.75. The van der Waals surface area contributed by atoms with Gasteiger partial charge in [0.15, 0.2) is 0 Å². The van der Waals surface area contributed by atoms with Gasteiger partial charge in [-0.05, 0) is 79.9 Å². The minimum atomic E-state index is -4.11. The number of carbonyl (C=O) groups is 1. The Morgan fingerprint density at radius 1 is 0.969 bits per heavy atom. The molecule has 168 valence electrons. The molecule has 0 radical (unpaired) electrons. The van der Waals surface area contributed by atoms with Crippen molar-refractivity contribution in [1.82, 2.24) is 0 Å². The highest BCUT2D eigenvalue weighted by molar-refractivity contribution is 9.10. The van der Waals surface area contributed by atoms with Crippen LogP contribution in [-0.2, 0) is 14.8 Å². The number of sulfonamides is 1. The van der Waals surface area contributed by atoms with Crippen molar-refractivity contribution in [3.63, 3.8) is 0 Å². The summed E-state index contributed by atoms with van der Waals surface area (Å²) in [7, 11) is -2.69. The molecule has 0 saturated heterocycles. The molecule has 3 rings (SSSR count). The first-order valence-electron chi connectivity index (χ1n) is 9.91. The van der Waals surface area contributed by atoms with Crippen LogP contribution in [0.1, 0.15) is 16.7 Å². The van der Waals surface area contributed by atoms with Crippen LogP contribution in [0.2, 0.25) is 0 Å². The lowest BCUT2D eigenvalue weighted by atomic mass is 10.1. The lowest BCUT2D eigenvalue weighted by Crippen LogP contribution is -2.38. The molecule has 0 spiro atoms. The molecular formula is C24H25BrN2O4S. The fourth-order valence-corrected chi connectivity index (χ4v) is 5.46. The van der Waals surface area contributed by atoms with Crippen LogP contribution in [0.4, 0.5) is 11.4 Å². The lowest BCUT2D eigenvalue weighted by molar-refractivity contribution is -0.114. The molecule has 0 heterocycles. The van der Waals surface area contributed by atoms with E-state index in [1.54, 1.807) is 55.5 Å². The molecule has 0 bridgehead atoms. The smallest absolute Gasteiger partial charge is 0.268 e. The summed E-state index contributed by atoms with van der Waals surface area (Å²) < 4.78 is 34.8. The molecule has 0 unspecified atom stereocenters. The number of carbonyl (C=O) groups excluding carboxylic acids is 1.